The van der Waals surface area contributed by atoms with Gasteiger partial charge in [0.05, 0.1) is 6.61 Å². The van der Waals surface area contributed by atoms with Crippen LogP contribution in [0.5, 0.6) is 0 Å². The number of ether oxygens (including phenoxy) is 1. The van der Waals surface area contributed by atoms with Crippen molar-refractivity contribution in [3.63, 3.8) is 0 Å². The van der Waals surface area contributed by atoms with Crippen LogP contribution >= 0.6 is 15.9 Å². The number of furan rings is 1. The minimum absolute atomic E-state index is 0.0471. The van der Waals surface area contributed by atoms with E-state index in [2.05, 4.69) is 31.5 Å². The Morgan fingerprint density at radius 1 is 1.59 bits per heavy atom. The Morgan fingerprint density at radius 2 is 2.41 bits per heavy atom. The number of halogens is 1. The van der Waals surface area contributed by atoms with Crippen molar-refractivity contribution in [1.29, 1.82) is 0 Å². The van der Waals surface area contributed by atoms with Crippen LogP contribution in [0.1, 0.15) is 6.92 Å². The van der Waals surface area contributed by atoms with Crippen LogP contribution in [0.25, 0.3) is 11.6 Å². The molecule has 90 valence electrons. The van der Waals surface area contributed by atoms with Crippen LogP contribution in [0.15, 0.2) is 21.2 Å². The number of hydrogen-bond donors (Lipinski definition) is 0. The Hall–Kier alpha value is -1.70. The smallest absolute Gasteiger partial charge is 0.327 e. The molecule has 17 heavy (non-hydrogen) atoms. The van der Waals surface area contributed by atoms with Crippen LogP contribution in [0.3, 0.4) is 0 Å². The molecule has 0 bridgehead atoms. The summed E-state index contributed by atoms with van der Waals surface area (Å²) in [5.41, 5.74) is 0. The van der Waals surface area contributed by atoms with Gasteiger partial charge in [0.15, 0.2) is 10.4 Å². The molecule has 0 aliphatic rings. The fraction of sp³-hybridized carbons (Fsp3) is 0.333. The van der Waals surface area contributed by atoms with Gasteiger partial charge in [0.25, 0.3) is 0 Å². The molecule has 0 N–H and O–H groups in total. The third kappa shape index (κ3) is 2.70. The fourth-order valence-electron chi connectivity index (χ4n) is 1.25. The van der Waals surface area contributed by atoms with E-state index in [0.717, 1.165) is 0 Å². The number of esters is 1. The highest BCUT2D eigenvalue weighted by molar-refractivity contribution is 9.10. The third-order valence-corrected chi connectivity index (χ3v) is 2.34. The third-order valence-electron chi connectivity index (χ3n) is 1.91. The molecular weight excluding hydrogens is 292 g/mol. The zero-order valence-electron chi connectivity index (χ0n) is 8.96. The first-order chi connectivity index (χ1) is 8.20. The summed E-state index contributed by atoms with van der Waals surface area (Å²) >= 11 is 3.18. The van der Waals surface area contributed by atoms with Crippen molar-refractivity contribution in [3.05, 3.63) is 16.8 Å². The fourth-order valence-corrected chi connectivity index (χ4v) is 1.56. The van der Waals surface area contributed by atoms with Gasteiger partial charge in [0.2, 0.25) is 5.82 Å². The topological polar surface area (TPSA) is 83.0 Å². The van der Waals surface area contributed by atoms with Crippen LogP contribution in [-0.4, -0.2) is 32.8 Å². The van der Waals surface area contributed by atoms with Crippen molar-refractivity contribution < 1.29 is 13.9 Å². The molecule has 8 heteroatoms. The molecule has 0 amide bonds. The minimum Gasteiger partial charge on any atom is -0.465 e. The monoisotopic (exact) mass is 300 g/mol. The van der Waals surface area contributed by atoms with Crippen LogP contribution in [0, 0.1) is 0 Å². The highest BCUT2D eigenvalue weighted by atomic mass is 79.9. The molecule has 2 aromatic heterocycles. The normalized spacial score (nSPS) is 10.5. The Labute approximate surface area is 105 Å². The lowest BCUT2D eigenvalue weighted by atomic mass is 10.4. The molecule has 0 radical (unpaired) electrons. The predicted molar refractivity (Wildman–Crippen MR) is 59.9 cm³/mol. The van der Waals surface area contributed by atoms with E-state index in [4.69, 9.17) is 9.15 Å². The first-order valence-electron chi connectivity index (χ1n) is 4.88. The van der Waals surface area contributed by atoms with E-state index in [-0.39, 0.29) is 6.54 Å². The summed E-state index contributed by atoms with van der Waals surface area (Å²) in [7, 11) is 0. The van der Waals surface area contributed by atoms with E-state index in [0.29, 0.717) is 22.9 Å². The second-order valence-electron chi connectivity index (χ2n) is 3.07. The van der Waals surface area contributed by atoms with Crippen molar-refractivity contribution in [2.75, 3.05) is 6.61 Å². The van der Waals surface area contributed by atoms with Crippen molar-refractivity contribution in [1.82, 2.24) is 20.2 Å². The highest BCUT2D eigenvalue weighted by Crippen LogP contribution is 2.22. The molecule has 0 aliphatic heterocycles. The number of carbonyl (C=O) groups excluding carboxylic acids is 1. The Kier molecular flexibility index (Phi) is 3.52. The van der Waals surface area contributed by atoms with Crippen molar-refractivity contribution in [3.8, 4) is 11.6 Å². The van der Waals surface area contributed by atoms with E-state index >= 15 is 0 Å². The molecule has 2 rings (SSSR count). The molecule has 0 fully saturated rings. The molecule has 7 nitrogen and oxygen atoms in total. The van der Waals surface area contributed by atoms with E-state index in [1.165, 1.54) is 4.68 Å². The Bertz CT molecular complexity index is 522. The molecule has 0 aromatic carbocycles. The number of carbonyl (C=O) groups is 1. The Morgan fingerprint density at radius 3 is 3.06 bits per heavy atom. The van der Waals surface area contributed by atoms with Gasteiger partial charge < -0.3 is 9.15 Å². The molecule has 2 heterocycles. The van der Waals surface area contributed by atoms with Gasteiger partial charge in [-0.15, -0.1) is 5.10 Å². The summed E-state index contributed by atoms with van der Waals surface area (Å²) in [5, 5.41) is 11.0. The summed E-state index contributed by atoms with van der Waals surface area (Å²) in [5.74, 6) is 0.460. The van der Waals surface area contributed by atoms with Gasteiger partial charge >= 0.3 is 5.97 Å². The lowest BCUT2D eigenvalue weighted by Crippen LogP contribution is -2.15. The maximum absolute atomic E-state index is 11.3. The van der Waals surface area contributed by atoms with E-state index in [1.54, 1.807) is 19.1 Å². The molecule has 2 aromatic rings. The second kappa shape index (κ2) is 5.09. The first-order valence-corrected chi connectivity index (χ1v) is 5.67. The molecule has 0 saturated carbocycles. The number of rotatable bonds is 4. The standard InChI is InChI=1S/C9H9BrN4O3/c1-2-16-8(15)5-14-9(11-12-13-14)6-3-4-7(10)17-6/h3-4H,2,5H2,1H3. The zero-order valence-corrected chi connectivity index (χ0v) is 10.5. The van der Waals surface area contributed by atoms with Gasteiger partial charge in [0.1, 0.15) is 6.54 Å². The summed E-state index contributed by atoms with van der Waals surface area (Å²) in [4.78, 5) is 11.3. The molecule has 0 spiro atoms. The van der Waals surface area contributed by atoms with E-state index in [9.17, 15) is 4.79 Å². The molecule has 0 saturated heterocycles. The maximum atomic E-state index is 11.3. The largest absolute Gasteiger partial charge is 0.465 e. The second-order valence-corrected chi connectivity index (χ2v) is 3.85. The minimum atomic E-state index is -0.397. The number of nitrogens with zero attached hydrogens (tertiary/aromatic N) is 4. The van der Waals surface area contributed by atoms with Crippen LogP contribution in [-0.2, 0) is 16.1 Å². The number of tetrazole rings is 1. The van der Waals surface area contributed by atoms with Crippen LogP contribution < -0.4 is 0 Å². The van der Waals surface area contributed by atoms with Crippen molar-refractivity contribution in [2.45, 2.75) is 13.5 Å². The zero-order chi connectivity index (χ0) is 12.3. The van der Waals surface area contributed by atoms with Crippen molar-refractivity contribution in [2.24, 2.45) is 0 Å². The van der Waals surface area contributed by atoms with Crippen LogP contribution in [0.2, 0.25) is 0 Å². The molecular formula is C9H9BrN4O3. The van der Waals surface area contributed by atoms with Gasteiger partial charge in [-0.1, -0.05) is 0 Å². The average molecular weight is 301 g/mol. The summed E-state index contributed by atoms with van der Waals surface area (Å²) < 4.78 is 12.0. The van der Waals surface area contributed by atoms with Gasteiger partial charge in [-0.3, -0.25) is 4.79 Å². The lowest BCUT2D eigenvalue weighted by molar-refractivity contribution is -0.144. The Balaban J connectivity index is 2.20. The molecule has 0 aliphatic carbocycles. The predicted octanol–water partition coefficient (Wildman–Crippen LogP) is 1.26. The van der Waals surface area contributed by atoms with Gasteiger partial charge in [-0.05, 0) is 45.4 Å². The average Bonchev–Trinajstić information content (AvgIpc) is 2.87. The maximum Gasteiger partial charge on any atom is 0.327 e. The lowest BCUT2D eigenvalue weighted by Gasteiger charge is -2.02. The summed E-state index contributed by atoms with van der Waals surface area (Å²) in [6.07, 6.45) is 0. The van der Waals surface area contributed by atoms with Crippen LogP contribution in [0.4, 0.5) is 0 Å². The molecule has 0 atom stereocenters. The van der Waals surface area contributed by atoms with Gasteiger partial charge in [-0.25, -0.2) is 4.68 Å². The number of hydrogen-bond acceptors (Lipinski definition) is 6. The molecule has 0 unspecified atom stereocenters. The van der Waals surface area contributed by atoms with Crippen molar-refractivity contribution >= 4 is 21.9 Å². The van der Waals surface area contributed by atoms with E-state index in [1.807, 2.05) is 0 Å². The quantitative estimate of drug-likeness (QED) is 0.791. The first kappa shape index (κ1) is 11.8. The SMILES string of the molecule is CCOC(=O)Cn1nnnc1-c1ccc(Br)o1. The number of aromatic nitrogens is 4. The summed E-state index contributed by atoms with van der Waals surface area (Å²) in [6, 6.07) is 3.43. The van der Waals surface area contributed by atoms with Gasteiger partial charge in [0, 0.05) is 0 Å². The van der Waals surface area contributed by atoms with E-state index < -0.39 is 5.97 Å². The van der Waals surface area contributed by atoms with Gasteiger partial charge in [-0.2, -0.15) is 0 Å². The summed E-state index contributed by atoms with van der Waals surface area (Å²) in [6.45, 7) is 2.01. The highest BCUT2D eigenvalue weighted by Gasteiger charge is 2.15.